The van der Waals surface area contributed by atoms with Crippen LogP contribution in [0, 0.1) is 0 Å². The van der Waals surface area contributed by atoms with E-state index in [1.165, 1.54) is 11.3 Å². The highest BCUT2D eigenvalue weighted by atomic mass is 79.9. The summed E-state index contributed by atoms with van der Waals surface area (Å²) in [6.07, 6.45) is 1.63. The molecular formula is C20H21BrN4O. The Kier molecular flexibility index (Phi) is 5.04. The number of fused-ring (bicyclic) bond motifs is 1. The molecule has 3 aromatic rings. The summed E-state index contributed by atoms with van der Waals surface area (Å²) in [7, 11) is 2.08. The first-order valence-corrected chi connectivity index (χ1v) is 9.53. The van der Waals surface area contributed by atoms with Crippen LogP contribution in [-0.2, 0) is 11.3 Å². The summed E-state index contributed by atoms with van der Waals surface area (Å²) in [6.45, 7) is 4.23. The van der Waals surface area contributed by atoms with Gasteiger partial charge in [-0.3, -0.25) is 0 Å². The Bertz CT molecular complexity index is 911. The minimum atomic E-state index is 0.784. The van der Waals surface area contributed by atoms with E-state index >= 15 is 0 Å². The van der Waals surface area contributed by atoms with Crippen molar-refractivity contribution in [2.24, 2.45) is 0 Å². The van der Waals surface area contributed by atoms with Crippen LogP contribution < -0.4 is 9.80 Å². The Hall–Kier alpha value is -2.18. The fourth-order valence-electron chi connectivity index (χ4n) is 3.41. The number of benzene rings is 2. The number of aromatic nitrogens is 2. The summed E-state index contributed by atoms with van der Waals surface area (Å²) in [5.74, 6) is 0.938. The van der Waals surface area contributed by atoms with E-state index in [9.17, 15) is 0 Å². The summed E-state index contributed by atoms with van der Waals surface area (Å²) in [4.78, 5) is 13.5. The van der Waals surface area contributed by atoms with Crippen LogP contribution in [0.2, 0.25) is 0 Å². The van der Waals surface area contributed by atoms with E-state index in [4.69, 9.17) is 4.74 Å². The topological polar surface area (TPSA) is 41.5 Å². The van der Waals surface area contributed by atoms with Gasteiger partial charge in [0.25, 0.3) is 0 Å². The van der Waals surface area contributed by atoms with Gasteiger partial charge in [-0.25, -0.2) is 9.97 Å². The van der Waals surface area contributed by atoms with Crippen LogP contribution in [0.5, 0.6) is 0 Å². The molecule has 0 aliphatic carbocycles. The molecule has 0 atom stereocenters. The monoisotopic (exact) mass is 412 g/mol. The number of halogens is 1. The Balaban J connectivity index is 1.65. The zero-order valence-corrected chi connectivity index (χ0v) is 16.3. The first-order chi connectivity index (χ1) is 12.7. The molecule has 1 fully saturated rings. The second kappa shape index (κ2) is 7.60. The number of para-hydroxylation sites is 1. The molecule has 0 amide bonds. The van der Waals surface area contributed by atoms with Crippen molar-refractivity contribution in [3.63, 3.8) is 0 Å². The predicted molar refractivity (Wildman–Crippen MR) is 109 cm³/mol. The van der Waals surface area contributed by atoms with Crippen LogP contribution in [0.1, 0.15) is 5.56 Å². The van der Waals surface area contributed by atoms with E-state index in [1.807, 2.05) is 12.1 Å². The molecule has 2 heterocycles. The number of nitrogens with zero attached hydrogens (tertiary/aromatic N) is 4. The minimum Gasteiger partial charge on any atom is -0.378 e. The quantitative estimate of drug-likeness (QED) is 0.650. The first kappa shape index (κ1) is 17.2. The van der Waals surface area contributed by atoms with E-state index in [1.54, 1.807) is 6.33 Å². The molecule has 2 aromatic carbocycles. The standard InChI is InChI=1S/C20H21BrN4O/c1-24(20-17-12-16(21)6-7-18(17)22-14-23-20)13-15-4-2-3-5-19(15)25-8-10-26-11-9-25/h2-7,12,14H,8-11,13H2,1H3. The number of hydrogen-bond donors (Lipinski definition) is 0. The smallest absolute Gasteiger partial charge is 0.139 e. The van der Waals surface area contributed by atoms with Gasteiger partial charge in [-0.15, -0.1) is 0 Å². The molecule has 0 N–H and O–H groups in total. The first-order valence-electron chi connectivity index (χ1n) is 8.74. The molecule has 4 rings (SSSR count). The van der Waals surface area contributed by atoms with Gasteiger partial charge in [-0.1, -0.05) is 34.1 Å². The van der Waals surface area contributed by atoms with Crippen LogP contribution in [0.4, 0.5) is 11.5 Å². The fourth-order valence-corrected chi connectivity index (χ4v) is 3.77. The van der Waals surface area contributed by atoms with E-state index in [-0.39, 0.29) is 0 Å². The van der Waals surface area contributed by atoms with E-state index in [2.05, 4.69) is 73.1 Å². The summed E-state index contributed by atoms with van der Waals surface area (Å²) in [5.41, 5.74) is 3.52. The lowest BCUT2D eigenvalue weighted by Crippen LogP contribution is -2.37. The molecule has 1 saturated heterocycles. The lowest BCUT2D eigenvalue weighted by atomic mass is 10.1. The molecule has 1 aliphatic heterocycles. The Morgan fingerprint density at radius 3 is 2.77 bits per heavy atom. The van der Waals surface area contributed by atoms with Crippen molar-refractivity contribution in [3.05, 3.63) is 58.8 Å². The van der Waals surface area contributed by atoms with E-state index in [0.29, 0.717) is 0 Å². The largest absolute Gasteiger partial charge is 0.378 e. The van der Waals surface area contributed by atoms with Crippen LogP contribution in [0.25, 0.3) is 10.9 Å². The second-order valence-electron chi connectivity index (χ2n) is 6.44. The molecule has 0 saturated carbocycles. The zero-order chi connectivity index (χ0) is 17.9. The number of rotatable bonds is 4. The minimum absolute atomic E-state index is 0.784. The number of anilines is 2. The van der Waals surface area contributed by atoms with Crippen molar-refractivity contribution in [2.75, 3.05) is 43.2 Å². The van der Waals surface area contributed by atoms with Crippen molar-refractivity contribution >= 4 is 38.3 Å². The van der Waals surface area contributed by atoms with Gasteiger partial charge in [0.1, 0.15) is 12.1 Å². The van der Waals surface area contributed by atoms with Crippen molar-refractivity contribution in [1.29, 1.82) is 0 Å². The lowest BCUT2D eigenvalue weighted by Gasteiger charge is -2.31. The third-order valence-electron chi connectivity index (χ3n) is 4.69. The van der Waals surface area contributed by atoms with Gasteiger partial charge in [0.15, 0.2) is 0 Å². The normalized spacial score (nSPS) is 14.6. The van der Waals surface area contributed by atoms with Crippen molar-refractivity contribution in [3.8, 4) is 0 Å². The van der Waals surface area contributed by atoms with Crippen LogP contribution in [0.15, 0.2) is 53.3 Å². The Morgan fingerprint density at radius 2 is 1.92 bits per heavy atom. The molecule has 134 valence electrons. The molecule has 5 nitrogen and oxygen atoms in total. The van der Waals surface area contributed by atoms with Gasteiger partial charge in [-0.05, 0) is 29.8 Å². The Labute approximate surface area is 161 Å². The second-order valence-corrected chi connectivity index (χ2v) is 7.36. The van der Waals surface area contributed by atoms with Crippen molar-refractivity contribution in [1.82, 2.24) is 9.97 Å². The van der Waals surface area contributed by atoms with Crippen molar-refractivity contribution < 1.29 is 4.74 Å². The summed E-state index contributed by atoms with van der Waals surface area (Å²) in [5, 5.41) is 1.05. The molecule has 6 heteroatoms. The summed E-state index contributed by atoms with van der Waals surface area (Å²) < 4.78 is 6.53. The molecule has 0 bridgehead atoms. The van der Waals surface area contributed by atoms with Gasteiger partial charge < -0.3 is 14.5 Å². The van der Waals surface area contributed by atoms with Gasteiger partial charge >= 0.3 is 0 Å². The molecule has 1 aromatic heterocycles. The average Bonchev–Trinajstić information content (AvgIpc) is 2.68. The highest BCUT2D eigenvalue weighted by Gasteiger charge is 2.16. The van der Waals surface area contributed by atoms with Gasteiger partial charge in [0, 0.05) is 42.2 Å². The maximum absolute atomic E-state index is 5.50. The van der Waals surface area contributed by atoms with E-state index < -0.39 is 0 Å². The maximum Gasteiger partial charge on any atom is 0.139 e. The van der Waals surface area contributed by atoms with Gasteiger partial charge in [0.05, 0.1) is 18.7 Å². The number of morpholine rings is 1. The zero-order valence-electron chi connectivity index (χ0n) is 14.7. The average molecular weight is 413 g/mol. The van der Waals surface area contributed by atoms with Crippen LogP contribution in [-0.4, -0.2) is 43.3 Å². The van der Waals surface area contributed by atoms with Crippen molar-refractivity contribution in [2.45, 2.75) is 6.54 Å². The SMILES string of the molecule is CN(Cc1ccccc1N1CCOCC1)c1ncnc2ccc(Br)cc12. The molecule has 0 spiro atoms. The summed E-state index contributed by atoms with van der Waals surface area (Å²) >= 11 is 3.55. The highest BCUT2D eigenvalue weighted by Crippen LogP contribution is 2.28. The van der Waals surface area contributed by atoms with Gasteiger partial charge in [0.2, 0.25) is 0 Å². The summed E-state index contributed by atoms with van der Waals surface area (Å²) in [6, 6.07) is 14.7. The molecule has 1 aliphatic rings. The predicted octanol–water partition coefficient (Wildman–Crippen LogP) is 3.87. The van der Waals surface area contributed by atoms with Gasteiger partial charge in [-0.2, -0.15) is 0 Å². The Morgan fingerprint density at radius 1 is 1.12 bits per heavy atom. The molecular weight excluding hydrogens is 392 g/mol. The van der Waals surface area contributed by atoms with E-state index in [0.717, 1.165) is 54.0 Å². The van der Waals surface area contributed by atoms with Crippen LogP contribution in [0.3, 0.4) is 0 Å². The number of ether oxygens (including phenoxy) is 1. The maximum atomic E-state index is 5.50. The molecule has 0 radical (unpaired) electrons. The molecule has 26 heavy (non-hydrogen) atoms. The third-order valence-corrected chi connectivity index (χ3v) is 5.18. The third kappa shape index (κ3) is 3.52. The van der Waals surface area contributed by atoms with Crippen LogP contribution >= 0.6 is 15.9 Å². The molecule has 0 unspecified atom stereocenters. The fraction of sp³-hybridized carbons (Fsp3) is 0.300. The highest BCUT2D eigenvalue weighted by molar-refractivity contribution is 9.10. The lowest BCUT2D eigenvalue weighted by molar-refractivity contribution is 0.122. The number of hydrogen-bond acceptors (Lipinski definition) is 5.